The van der Waals surface area contributed by atoms with Crippen molar-refractivity contribution in [2.45, 2.75) is 26.9 Å². The molecule has 0 aliphatic rings. The van der Waals surface area contributed by atoms with Crippen molar-refractivity contribution in [3.8, 4) is 17.2 Å². The van der Waals surface area contributed by atoms with E-state index in [0.29, 0.717) is 30.1 Å². The lowest BCUT2D eigenvalue weighted by Crippen LogP contribution is -2.31. The van der Waals surface area contributed by atoms with Crippen LogP contribution in [0.2, 0.25) is 0 Å². The number of hydrogen-bond donors (Lipinski definition) is 2. The lowest BCUT2D eigenvalue weighted by atomic mass is 10.1. The summed E-state index contributed by atoms with van der Waals surface area (Å²) >= 11 is 0. The molecule has 0 aliphatic carbocycles. The molecule has 0 saturated carbocycles. The van der Waals surface area contributed by atoms with Crippen LogP contribution in [0.5, 0.6) is 5.75 Å². The van der Waals surface area contributed by atoms with Gasteiger partial charge in [0.15, 0.2) is 0 Å². The van der Waals surface area contributed by atoms with Crippen LogP contribution >= 0.6 is 0 Å². The largest absolute Gasteiger partial charge is 0.444 e. The van der Waals surface area contributed by atoms with E-state index in [-0.39, 0.29) is 11.4 Å². The van der Waals surface area contributed by atoms with Crippen LogP contribution in [0.4, 0.5) is 19.3 Å². The van der Waals surface area contributed by atoms with Crippen LogP contribution in [-0.2, 0) is 6.42 Å². The van der Waals surface area contributed by atoms with E-state index in [2.05, 4.69) is 20.4 Å². The summed E-state index contributed by atoms with van der Waals surface area (Å²) < 4.78 is 35.0. The normalized spacial score (nSPS) is 10.8. The highest BCUT2D eigenvalue weighted by Gasteiger charge is 2.14. The van der Waals surface area contributed by atoms with Crippen molar-refractivity contribution in [3.05, 3.63) is 65.5 Å². The van der Waals surface area contributed by atoms with E-state index in [9.17, 15) is 13.6 Å². The fourth-order valence-electron chi connectivity index (χ4n) is 2.71. The summed E-state index contributed by atoms with van der Waals surface area (Å²) in [6.07, 6.45) is 2.00. The molecule has 3 rings (SSSR count). The fourth-order valence-corrected chi connectivity index (χ4v) is 2.71. The van der Waals surface area contributed by atoms with Gasteiger partial charge in [0, 0.05) is 18.5 Å². The number of hydrogen-bond acceptors (Lipinski definition) is 4. The molecule has 1 aromatic heterocycles. The average molecular weight is 401 g/mol. The summed E-state index contributed by atoms with van der Waals surface area (Å²) in [6, 6.07) is 11.9. The second kappa shape index (κ2) is 9.18. The lowest BCUT2D eigenvalue weighted by molar-refractivity contribution is -0.0493. The number of ether oxygens (including phenoxy) is 1. The topological polar surface area (TPSA) is 76.4 Å². The zero-order valence-corrected chi connectivity index (χ0v) is 16.0. The van der Waals surface area contributed by atoms with Gasteiger partial charge in [-0.1, -0.05) is 29.8 Å². The van der Waals surface area contributed by atoms with E-state index in [1.807, 2.05) is 31.2 Å². The maximum atomic E-state index is 12.5. The number of alkyl halides is 2. The number of urea groups is 1. The second-order valence-corrected chi connectivity index (χ2v) is 6.47. The van der Waals surface area contributed by atoms with Crippen LogP contribution in [-0.4, -0.2) is 24.2 Å². The highest BCUT2D eigenvalue weighted by atomic mass is 19.3. The number of aryl methyl sites for hydroxylation is 2. The number of anilines is 1. The molecule has 1 heterocycles. The number of benzene rings is 2. The Morgan fingerprint density at radius 2 is 1.93 bits per heavy atom. The number of para-hydroxylation sites is 1. The molecule has 152 valence electrons. The Morgan fingerprint density at radius 1 is 1.17 bits per heavy atom. The van der Waals surface area contributed by atoms with Gasteiger partial charge in [-0.25, -0.2) is 9.78 Å². The summed E-state index contributed by atoms with van der Waals surface area (Å²) in [5, 5.41) is 5.22. The van der Waals surface area contributed by atoms with Crippen LogP contribution in [0.3, 0.4) is 0 Å². The summed E-state index contributed by atoms with van der Waals surface area (Å²) in [4.78, 5) is 16.6. The number of nitrogens with zero attached hydrogens (tertiary/aromatic N) is 1. The number of halogens is 2. The Bertz CT molecular complexity index is 972. The predicted molar refractivity (Wildman–Crippen MR) is 105 cm³/mol. The third kappa shape index (κ3) is 5.54. The average Bonchev–Trinajstić information content (AvgIpc) is 3.13. The number of amides is 2. The molecular weight excluding hydrogens is 380 g/mol. The molecule has 0 saturated heterocycles. The quantitative estimate of drug-likeness (QED) is 0.589. The zero-order chi connectivity index (χ0) is 20.8. The first-order valence-electron chi connectivity index (χ1n) is 9.03. The van der Waals surface area contributed by atoms with Crippen molar-refractivity contribution in [2.24, 2.45) is 0 Å². The molecule has 0 radical (unpaired) electrons. The molecule has 8 heteroatoms. The molecule has 2 amide bonds. The third-order valence-corrected chi connectivity index (χ3v) is 4.21. The van der Waals surface area contributed by atoms with Gasteiger partial charge in [0.1, 0.15) is 12.0 Å². The molecule has 3 aromatic rings. The molecule has 0 unspecified atom stereocenters. The van der Waals surface area contributed by atoms with Crippen LogP contribution < -0.4 is 15.4 Å². The number of nitrogens with one attached hydrogen (secondary N) is 2. The lowest BCUT2D eigenvalue weighted by Gasteiger charge is -2.14. The minimum Gasteiger partial charge on any atom is -0.444 e. The Labute approximate surface area is 166 Å². The molecule has 0 spiro atoms. The maximum Gasteiger partial charge on any atom is 0.387 e. The van der Waals surface area contributed by atoms with Crippen molar-refractivity contribution < 1.29 is 22.7 Å². The van der Waals surface area contributed by atoms with E-state index in [0.717, 1.165) is 11.1 Å². The first kappa shape index (κ1) is 20.3. The fraction of sp³-hybridized carbons (Fsp3) is 0.238. The number of carbonyl (C=O) groups is 1. The molecule has 2 aromatic carbocycles. The molecular formula is C21H21F2N3O3. The van der Waals surface area contributed by atoms with E-state index in [1.54, 1.807) is 25.3 Å². The highest BCUT2D eigenvalue weighted by molar-refractivity contribution is 5.91. The van der Waals surface area contributed by atoms with Crippen LogP contribution in [0, 0.1) is 13.8 Å². The van der Waals surface area contributed by atoms with Gasteiger partial charge in [-0.15, -0.1) is 0 Å². The van der Waals surface area contributed by atoms with Crippen molar-refractivity contribution >= 4 is 11.7 Å². The summed E-state index contributed by atoms with van der Waals surface area (Å²) in [6.45, 7) is 1.01. The molecule has 2 N–H and O–H groups in total. The number of oxazole rings is 1. The van der Waals surface area contributed by atoms with Crippen molar-refractivity contribution in [2.75, 3.05) is 11.9 Å². The monoisotopic (exact) mass is 401 g/mol. The Hall–Kier alpha value is -3.42. The molecule has 0 fully saturated rings. The molecule has 0 atom stereocenters. The van der Waals surface area contributed by atoms with Crippen LogP contribution in [0.15, 0.2) is 53.1 Å². The van der Waals surface area contributed by atoms with Crippen molar-refractivity contribution in [1.29, 1.82) is 0 Å². The van der Waals surface area contributed by atoms with E-state index < -0.39 is 12.6 Å². The van der Waals surface area contributed by atoms with Gasteiger partial charge < -0.3 is 19.8 Å². The van der Waals surface area contributed by atoms with Crippen molar-refractivity contribution in [3.63, 3.8) is 0 Å². The van der Waals surface area contributed by atoms with Crippen LogP contribution in [0.25, 0.3) is 11.5 Å². The van der Waals surface area contributed by atoms with Crippen LogP contribution in [0.1, 0.15) is 16.8 Å². The minimum atomic E-state index is -2.98. The Morgan fingerprint density at radius 3 is 2.66 bits per heavy atom. The van der Waals surface area contributed by atoms with E-state index >= 15 is 0 Å². The third-order valence-electron chi connectivity index (χ3n) is 4.21. The van der Waals surface area contributed by atoms with Gasteiger partial charge in [-0.2, -0.15) is 8.78 Å². The second-order valence-electron chi connectivity index (χ2n) is 6.47. The van der Waals surface area contributed by atoms with Gasteiger partial charge in [-0.05, 0) is 37.6 Å². The van der Waals surface area contributed by atoms with Gasteiger partial charge >= 0.3 is 12.6 Å². The summed E-state index contributed by atoms with van der Waals surface area (Å²) in [7, 11) is 0. The summed E-state index contributed by atoms with van der Waals surface area (Å²) in [5.41, 5.74) is 3.52. The number of aromatic nitrogens is 1. The smallest absolute Gasteiger partial charge is 0.387 e. The van der Waals surface area contributed by atoms with E-state index in [1.165, 1.54) is 6.07 Å². The number of carbonyl (C=O) groups excluding carboxylic acids is 1. The first-order valence-corrected chi connectivity index (χ1v) is 9.03. The molecule has 0 aliphatic heterocycles. The number of rotatable bonds is 7. The van der Waals surface area contributed by atoms with Gasteiger partial charge in [0.05, 0.1) is 11.4 Å². The van der Waals surface area contributed by atoms with Gasteiger partial charge in [0.25, 0.3) is 0 Å². The Kier molecular flexibility index (Phi) is 6.43. The minimum absolute atomic E-state index is 0.0885. The summed E-state index contributed by atoms with van der Waals surface area (Å²) in [5.74, 6) is 0.424. The first-order chi connectivity index (χ1) is 13.9. The predicted octanol–water partition coefficient (Wildman–Crippen LogP) is 4.92. The van der Waals surface area contributed by atoms with E-state index in [4.69, 9.17) is 4.42 Å². The Balaban J connectivity index is 1.54. The highest BCUT2D eigenvalue weighted by Crippen LogP contribution is 2.29. The molecule has 29 heavy (non-hydrogen) atoms. The maximum absolute atomic E-state index is 12.5. The molecule has 0 bridgehead atoms. The molecule has 6 nitrogen and oxygen atoms in total. The van der Waals surface area contributed by atoms with Gasteiger partial charge in [-0.3, -0.25) is 0 Å². The zero-order valence-electron chi connectivity index (χ0n) is 16.0. The van der Waals surface area contributed by atoms with Gasteiger partial charge in [0.2, 0.25) is 5.89 Å². The standard InChI is InChI=1S/C21H21F2N3O3/c1-13-6-8-15(9-7-13)19-25-16(12-28-19)10-11-24-21(27)26-18-14(2)4-3-5-17(18)29-20(22)23/h3-9,12,20H,10-11H2,1-2H3,(H2,24,26,27). The van der Waals surface area contributed by atoms with Crippen molar-refractivity contribution in [1.82, 2.24) is 10.3 Å². The SMILES string of the molecule is Cc1ccc(-c2nc(CCNC(=O)Nc3c(C)cccc3OC(F)F)co2)cc1.